The van der Waals surface area contributed by atoms with E-state index < -0.39 is 0 Å². The Morgan fingerprint density at radius 3 is 2.25 bits per heavy atom. The van der Waals surface area contributed by atoms with E-state index in [1.165, 1.54) is 0 Å². The SMILES string of the molecule is Cc1cccc(C)c1NC(=O)CNc1ccc(Br)cc1. The third-order valence-corrected chi connectivity index (χ3v) is 3.57. The molecule has 2 aromatic carbocycles. The molecule has 4 heteroatoms. The number of nitrogens with one attached hydrogen (secondary N) is 2. The minimum Gasteiger partial charge on any atom is -0.376 e. The van der Waals surface area contributed by atoms with Crippen LogP contribution >= 0.6 is 15.9 Å². The van der Waals surface area contributed by atoms with Crippen molar-refractivity contribution in [3.05, 3.63) is 58.1 Å². The molecule has 0 aliphatic carbocycles. The molecule has 0 aliphatic rings. The van der Waals surface area contributed by atoms with Gasteiger partial charge in [0.15, 0.2) is 0 Å². The number of anilines is 2. The Hall–Kier alpha value is -1.81. The highest BCUT2D eigenvalue weighted by molar-refractivity contribution is 9.10. The first-order valence-corrected chi connectivity index (χ1v) is 7.21. The standard InChI is InChI=1S/C16H17BrN2O/c1-11-4-3-5-12(2)16(11)19-15(20)10-18-14-8-6-13(17)7-9-14/h3-9,18H,10H2,1-2H3,(H,19,20). The molecular formula is C16H17BrN2O. The van der Waals surface area contributed by atoms with Crippen LogP contribution in [0.15, 0.2) is 46.9 Å². The van der Waals surface area contributed by atoms with Crippen LogP contribution < -0.4 is 10.6 Å². The Balaban J connectivity index is 1.94. The van der Waals surface area contributed by atoms with Gasteiger partial charge in [0.25, 0.3) is 0 Å². The summed E-state index contributed by atoms with van der Waals surface area (Å²) in [6.07, 6.45) is 0. The molecule has 0 spiro atoms. The van der Waals surface area contributed by atoms with E-state index in [4.69, 9.17) is 0 Å². The number of hydrogen-bond acceptors (Lipinski definition) is 2. The largest absolute Gasteiger partial charge is 0.376 e. The van der Waals surface area contributed by atoms with Crippen molar-refractivity contribution in [2.75, 3.05) is 17.2 Å². The second-order valence-electron chi connectivity index (χ2n) is 4.68. The average Bonchev–Trinajstić information content (AvgIpc) is 2.42. The van der Waals surface area contributed by atoms with Crippen LogP contribution in [0.1, 0.15) is 11.1 Å². The van der Waals surface area contributed by atoms with Crippen molar-refractivity contribution in [2.45, 2.75) is 13.8 Å². The van der Waals surface area contributed by atoms with Gasteiger partial charge in [-0.15, -0.1) is 0 Å². The number of amides is 1. The Bertz CT molecular complexity index is 588. The summed E-state index contributed by atoms with van der Waals surface area (Å²) >= 11 is 3.38. The normalized spacial score (nSPS) is 10.2. The Labute approximate surface area is 127 Å². The zero-order chi connectivity index (χ0) is 14.5. The van der Waals surface area contributed by atoms with E-state index in [0.29, 0.717) is 0 Å². The number of hydrogen-bond donors (Lipinski definition) is 2. The van der Waals surface area contributed by atoms with Gasteiger partial charge in [-0.05, 0) is 49.2 Å². The van der Waals surface area contributed by atoms with Crippen molar-refractivity contribution in [1.82, 2.24) is 0 Å². The van der Waals surface area contributed by atoms with Crippen LogP contribution in [0.4, 0.5) is 11.4 Å². The third kappa shape index (κ3) is 3.84. The molecule has 2 N–H and O–H groups in total. The van der Waals surface area contributed by atoms with Gasteiger partial charge in [0, 0.05) is 15.8 Å². The number of halogens is 1. The zero-order valence-electron chi connectivity index (χ0n) is 11.5. The van der Waals surface area contributed by atoms with E-state index in [-0.39, 0.29) is 12.5 Å². The molecule has 0 heterocycles. The molecule has 104 valence electrons. The Morgan fingerprint density at radius 2 is 1.65 bits per heavy atom. The lowest BCUT2D eigenvalue weighted by Crippen LogP contribution is -2.22. The highest BCUT2D eigenvalue weighted by atomic mass is 79.9. The van der Waals surface area contributed by atoms with Crippen LogP contribution in [0, 0.1) is 13.8 Å². The van der Waals surface area contributed by atoms with Crippen LogP contribution in [0.25, 0.3) is 0 Å². The van der Waals surface area contributed by atoms with Gasteiger partial charge in [0.2, 0.25) is 5.91 Å². The number of aryl methyl sites for hydroxylation is 2. The monoisotopic (exact) mass is 332 g/mol. The summed E-state index contributed by atoms with van der Waals surface area (Å²) in [6, 6.07) is 13.7. The molecule has 0 atom stereocenters. The van der Waals surface area contributed by atoms with Crippen LogP contribution in [0.5, 0.6) is 0 Å². The molecule has 1 amide bonds. The molecular weight excluding hydrogens is 316 g/mol. The van der Waals surface area contributed by atoms with Gasteiger partial charge in [0.1, 0.15) is 0 Å². The minimum absolute atomic E-state index is 0.0506. The molecule has 0 saturated carbocycles. The Kier molecular flexibility index (Phi) is 4.79. The molecule has 0 aliphatic heterocycles. The van der Waals surface area contributed by atoms with E-state index in [1.54, 1.807) is 0 Å². The summed E-state index contributed by atoms with van der Waals surface area (Å²) < 4.78 is 1.02. The average molecular weight is 333 g/mol. The molecule has 0 radical (unpaired) electrons. The van der Waals surface area contributed by atoms with E-state index in [2.05, 4.69) is 26.6 Å². The summed E-state index contributed by atoms with van der Waals surface area (Å²) in [6.45, 7) is 4.23. The van der Waals surface area contributed by atoms with Crippen molar-refractivity contribution >= 4 is 33.2 Å². The minimum atomic E-state index is -0.0506. The summed E-state index contributed by atoms with van der Waals surface area (Å²) in [5.74, 6) is -0.0506. The van der Waals surface area contributed by atoms with Gasteiger partial charge >= 0.3 is 0 Å². The van der Waals surface area contributed by atoms with Gasteiger partial charge in [0.05, 0.1) is 6.54 Å². The molecule has 0 unspecified atom stereocenters. The molecule has 0 aromatic heterocycles. The smallest absolute Gasteiger partial charge is 0.243 e. The quantitative estimate of drug-likeness (QED) is 0.884. The topological polar surface area (TPSA) is 41.1 Å². The summed E-state index contributed by atoms with van der Waals surface area (Å²) in [4.78, 5) is 12.0. The maximum atomic E-state index is 12.0. The van der Waals surface area contributed by atoms with Gasteiger partial charge in [-0.2, -0.15) is 0 Å². The number of para-hydroxylation sites is 1. The molecule has 20 heavy (non-hydrogen) atoms. The summed E-state index contributed by atoms with van der Waals surface area (Å²) in [7, 11) is 0. The second-order valence-corrected chi connectivity index (χ2v) is 5.59. The van der Waals surface area contributed by atoms with E-state index in [1.807, 2.05) is 56.3 Å². The second kappa shape index (κ2) is 6.57. The van der Waals surface area contributed by atoms with Crippen molar-refractivity contribution < 1.29 is 4.79 Å². The van der Waals surface area contributed by atoms with Gasteiger partial charge < -0.3 is 10.6 Å². The molecule has 2 rings (SSSR count). The Morgan fingerprint density at radius 1 is 1.05 bits per heavy atom. The van der Waals surface area contributed by atoms with Crippen LogP contribution in [0.2, 0.25) is 0 Å². The molecule has 2 aromatic rings. The molecule has 0 fully saturated rings. The highest BCUT2D eigenvalue weighted by Gasteiger charge is 2.06. The van der Waals surface area contributed by atoms with Crippen LogP contribution in [-0.2, 0) is 4.79 Å². The summed E-state index contributed by atoms with van der Waals surface area (Å²) in [5, 5.41) is 6.05. The lowest BCUT2D eigenvalue weighted by Gasteiger charge is -2.12. The predicted octanol–water partition coefficient (Wildman–Crippen LogP) is 4.12. The lowest BCUT2D eigenvalue weighted by molar-refractivity contribution is -0.114. The zero-order valence-corrected chi connectivity index (χ0v) is 13.1. The maximum Gasteiger partial charge on any atom is 0.243 e. The molecule has 0 bridgehead atoms. The number of carbonyl (C=O) groups is 1. The fraction of sp³-hybridized carbons (Fsp3) is 0.188. The van der Waals surface area contributed by atoms with Gasteiger partial charge in [-0.3, -0.25) is 4.79 Å². The third-order valence-electron chi connectivity index (χ3n) is 3.04. The predicted molar refractivity (Wildman–Crippen MR) is 87.2 cm³/mol. The molecule has 3 nitrogen and oxygen atoms in total. The number of benzene rings is 2. The van der Waals surface area contributed by atoms with Crippen molar-refractivity contribution in [2.24, 2.45) is 0 Å². The fourth-order valence-corrected chi connectivity index (χ4v) is 2.21. The fourth-order valence-electron chi connectivity index (χ4n) is 1.95. The van der Waals surface area contributed by atoms with Gasteiger partial charge in [-0.25, -0.2) is 0 Å². The first-order valence-electron chi connectivity index (χ1n) is 6.42. The number of rotatable bonds is 4. The van der Waals surface area contributed by atoms with E-state index in [0.717, 1.165) is 27.0 Å². The molecule has 0 saturated heterocycles. The highest BCUT2D eigenvalue weighted by Crippen LogP contribution is 2.19. The summed E-state index contributed by atoms with van der Waals surface area (Å²) in [5.41, 5.74) is 3.96. The first-order chi connectivity index (χ1) is 9.56. The van der Waals surface area contributed by atoms with Crippen molar-refractivity contribution in [1.29, 1.82) is 0 Å². The van der Waals surface area contributed by atoms with Crippen LogP contribution in [0.3, 0.4) is 0 Å². The van der Waals surface area contributed by atoms with Crippen molar-refractivity contribution in [3.8, 4) is 0 Å². The number of carbonyl (C=O) groups excluding carboxylic acids is 1. The van der Waals surface area contributed by atoms with E-state index in [9.17, 15) is 4.79 Å². The maximum absolute atomic E-state index is 12.0. The lowest BCUT2D eigenvalue weighted by atomic mass is 10.1. The van der Waals surface area contributed by atoms with E-state index >= 15 is 0 Å². The van der Waals surface area contributed by atoms with Crippen LogP contribution in [-0.4, -0.2) is 12.5 Å². The van der Waals surface area contributed by atoms with Gasteiger partial charge in [-0.1, -0.05) is 34.1 Å². The first kappa shape index (κ1) is 14.6. The van der Waals surface area contributed by atoms with Crippen molar-refractivity contribution in [3.63, 3.8) is 0 Å².